The lowest BCUT2D eigenvalue weighted by atomic mass is 10.2. The average Bonchev–Trinajstić information content (AvgIpc) is 3.07. The number of aryl methyl sites for hydroxylation is 4. The number of anilines is 1. The summed E-state index contributed by atoms with van der Waals surface area (Å²) in [4.78, 5) is 2.27. The van der Waals surface area contributed by atoms with E-state index in [2.05, 4.69) is 71.9 Å². The Morgan fingerprint density at radius 3 is 1.72 bits per heavy atom. The SMILES string of the molecule is C=Cc1ccc(N(Cn2nc(C)cc2C)Cn2nc(C)cc2C)cc1. The van der Waals surface area contributed by atoms with Crippen LogP contribution in [0.4, 0.5) is 5.69 Å². The van der Waals surface area contributed by atoms with Gasteiger partial charge >= 0.3 is 0 Å². The predicted molar refractivity (Wildman–Crippen MR) is 102 cm³/mol. The minimum absolute atomic E-state index is 0.672. The van der Waals surface area contributed by atoms with Crippen molar-refractivity contribution in [3.8, 4) is 0 Å². The van der Waals surface area contributed by atoms with E-state index >= 15 is 0 Å². The summed E-state index contributed by atoms with van der Waals surface area (Å²) in [7, 11) is 0. The Bertz CT molecular complexity index is 822. The van der Waals surface area contributed by atoms with Crippen LogP contribution in [-0.4, -0.2) is 19.6 Å². The van der Waals surface area contributed by atoms with Crippen LogP contribution in [0.5, 0.6) is 0 Å². The molecule has 5 heteroatoms. The summed E-state index contributed by atoms with van der Waals surface area (Å²) in [6.07, 6.45) is 1.86. The first-order chi connectivity index (χ1) is 12.0. The molecule has 0 spiro atoms. The number of nitrogens with zero attached hydrogens (tertiary/aromatic N) is 5. The van der Waals surface area contributed by atoms with Gasteiger partial charge in [0.25, 0.3) is 0 Å². The van der Waals surface area contributed by atoms with E-state index < -0.39 is 0 Å². The van der Waals surface area contributed by atoms with E-state index in [9.17, 15) is 0 Å². The van der Waals surface area contributed by atoms with Crippen LogP contribution in [0, 0.1) is 27.7 Å². The van der Waals surface area contributed by atoms with Gasteiger partial charge in [0, 0.05) is 17.1 Å². The summed E-state index contributed by atoms with van der Waals surface area (Å²) >= 11 is 0. The molecular formula is C20H25N5. The third-order valence-corrected chi connectivity index (χ3v) is 4.31. The molecular weight excluding hydrogens is 310 g/mol. The molecule has 0 aliphatic heterocycles. The second-order valence-electron chi connectivity index (χ2n) is 6.47. The molecule has 0 amide bonds. The molecule has 1 aromatic carbocycles. The molecule has 3 rings (SSSR count). The van der Waals surface area contributed by atoms with Gasteiger partial charge in [-0.3, -0.25) is 0 Å². The second kappa shape index (κ2) is 6.97. The van der Waals surface area contributed by atoms with E-state index in [0.29, 0.717) is 13.3 Å². The van der Waals surface area contributed by atoms with E-state index in [-0.39, 0.29) is 0 Å². The van der Waals surface area contributed by atoms with E-state index in [1.165, 1.54) is 0 Å². The molecule has 0 radical (unpaired) electrons. The third kappa shape index (κ3) is 3.82. The Hall–Kier alpha value is -2.82. The standard InChI is InChI=1S/C20H25N5/c1-6-19-7-9-20(10-8-19)23(13-24-17(4)11-15(2)21-24)14-25-18(5)12-16(3)22-25/h6-12H,1,13-14H2,2-5H3. The van der Waals surface area contributed by atoms with E-state index in [1.807, 2.05) is 29.3 Å². The van der Waals surface area contributed by atoms with Crippen LogP contribution in [0.2, 0.25) is 0 Å². The molecule has 25 heavy (non-hydrogen) atoms. The van der Waals surface area contributed by atoms with Gasteiger partial charge in [-0.1, -0.05) is 24.8 Å². The quantitative estimate of drug-likeness (QED) is 0.681. The number of aromatic nitrogens is 4. The maximum Gasteiger partial charge on any atom is 0.114 e. The molecule has 0 bridgehead atoms. The van der Waals surface area contributed by atoms with Gasteiger partial charge in [-0.25, -0.2) is 9.36 Å². The fraction of sp³-hybridized carbons (Fsp3) is 0.300. The highest BCUT2D eigenvalue weighted by Gasteiger charge is 2.12. The molecule has 0 saturated heterocycles. The topological polar surface area (TPSA) is 38.9 Å². The Labute approximate surface area is 149 Å². The molecule has 130 valence electrons. The fourth-order valence-corrected chi connectivity index (χ4v) is 2.99. The van der Waals surface area contributed by atoms with Crippen molar-refractivity contribution in [1.82, 2.24) is 19.6 Å². The van der Waals surface area contributed by atoms with Crippen LogP contribution in [0.3, 0.4) is 0 Å². The van der Waals surface area contributed by atoms with Crippen LogP contribution in [0.25, 0.3) is 6.08 Å². The number of hydrogen-bond acceptors (Lipinski definition) is 3. The normalized spacial score (nSPS) is 10.9. The first-order valence-corrected chi connectivity index (χ1v) is 8.46. The fourth-order valence-electron chi connectivity index (χ4n) is 2.99. The summed E-state index contributed by atoms with van der Waals surface area (Å²) in [5.74, 6) is 0. The monoisotopic (exact) mass is 335 g/mol. The van der Waals surface area contributed by atoms with Gasteiger partial charge in [-0.15, -0.1) is 0 Å². The number of hydrogen-bond donors (Lipinski definition) is 0. The zero-order valence-electron chi connectivity index (χ0n) is 15.4. The minimum atomic E-state index is 0.672. The zero-order chi connectivity index (χ0) is 18.0. The molecule has 0 fully saturated rings. The van der Waals surface area contributed by atoms with Gasteiger partial charge in [-0.05, 0) is 57.5 Å². The van der Waals surface area contributed by atoms with Crippen LogP contribution in [-0.2, 0) is 13.3 Å². The van der Waals surface area contributed by atoms with Gasteiger partial charge in [0.2, 0.25) is 0 Å². The summed E-state index contributed by atoms with van der Waals surface area (Å²) in [6, 6.07) is 12.6. The Morgan fingerprint density at radius 2 is 1.36 bits per heavy atom. The Kier molecular flexibility index (Phi) is 4.74. The first-order valence-electron chi connectivity index (χ1n) is 8.46. The van der Waals surface area contributed by atoms with Crippen LogP contribution in [0.1, 0.15) is 28.3 Å². The lowest BCUT2D eigenvalue weighted by Crippen LogP contribution is -2.30. The summed E-state index contributed by atoms with van der Waals surface area (Å²) in [5.41, 5.74) is 6.61. The molecule has 0 aliphatic carbocycles. The van der Waals surface area contributed by atoms with Gasteiger partial charge in [0.15, 0.2) is 0 Å². The van der Waals surface area contributed by atoms with Gasteiger partial charge in [-0.2, -0.15) is 10.2 Å². The van der Waals surface area contributed by atoms with Crippen LogP contribution >= 0.6 is 0 Å². The average molecular weight is 335 g/mol. The summed E-state index contributed by atoms with van der Waals surface area (Å²) in [6.45, 7) is 13.4. The highest BCUT2D eigenvalue weighted by Crippen LogP contribution is 2.19. The molecule has 0 aliphatic rings. The lowest BCUT2D eigenvalue weighted by Gasteiger charge is -2.26. The molecule has 0 saturated carbocycles. The van der Waals surface area contributed by atoms with Crippen molar-refractivity contribution in [3.63, 3.8) is 0 Å². The summed E-state index contributed by atoms with van der Waals surface area (Å²) < 4.78 is 4.06. The van der Waals surface area contributed by atoms with Crippen molar-refractivity contribution in [1.29, 1.82) is 0 Å². The third-order valence-electron chi connectivity index (χ3n) is 4.31. The number of rotatable bonds is 6. The predicted octanol–water partition coefficient (Wildman–Crippen LogP) is 4.08. The van der Waals surface area contributed by atoms with Crippen molar-refractivity contribution in [3.05, 3.63) is 71.3 Å². The second-order valence-corrected chi connectivity index (χ2v) is 6.47. The van der Waals surface area contributed by atoms with Crippen LogP contribution < -0.4 is 4.90 Å². The lowest BCUT2D eigenvalue weighted by molar-refractivity contribution is 0.484. The highest BCUT2D eigenvalue weighted by atomic mass is 15.4. The maximum absolute atomic E-state index is 4.61. The molecule has 3 aromatic rings. The molecule has 2 heterocycles. The molecule has 5 nitrogen and oxygen atoms in total. The first kappa shape index (κ1) is 17.0. The van der Waals surface area contributed by atoms with Crippen molar-refractivity contribution in [2.45, 2.75) is 41.0 Å². The molecule has 0 atom stereocenters. The van der Waals surface area contributed by atoms with Gasteiger partial charge in [0.05, 0.1) is 11.4 Å². The Balaban J connectivity index is 1.93. The molecule has 0 N–H and O–H groups in total. The highest BCUT2D eigenvalue weighted by molar-refractivity contribution is 5.54. The van der Waals surface area contributed by atoms with Crippen molar-refractivity contribution < 1.29 is 0 Å². The van der Waals surface area contributed by atoms with Crippen molar-refractivity contribution in [2.24, 2.45) is 0 Å². The maximum atomic E-state index is 4.61. The number of benzene rings is 1. The van der Waals surface area contributed by atoms with Crippen LogP contribution in [0.15, 0.2) is 43.0 Å². The van der Waals surface area contributed by atoms with Gasteiger partial charge < -0.3 is 4.90 Å². The van der Waals surface area contributed by atoms with Crippen molar-refractivity contribution >= 4 is 11.8 Å². The summed E-state index contributed by atoms with van der Waals surface area (Å²) in [5, 5.41) is 9.22. The Morgan fingerprint density at radius 1 is 0.880 bits per heavy atom. The van der Waals surface area contributed by atoms with Crippen molar-refractivity contribution in [2.75, 3.05) is 4.90 Å². The van der Waals surface area contributed by atoms with Gasteiger partial charge in [0.1, 0.15) is 13.3 Å². The molecule has 2 aromatic heterocycles. The van der Waals surface area contributed by atoms with E-state index in [0.717, 1.165) is 34.0 Å². The minimum Gasteiger partial charge on any atom is -0.332 e. The largest absolute Gasteiger partial charge is 0.332 e. The van der Waals surface area contributed by atoms with E-state index in [1.54, 1.807) is 0 Å². The van der Waals surface area contributed by atoms with E-state index in [4.69, 9.17) is 0 Å². The molecule has 0 unspecified atom stereocenters. The zero-order valence-corrected chi connectivity index (χ0v) is 15.4. The smallest absolute Gasteiger partial charge is 0.114 e.